The monoisotopic (exact) mass is 950 g/mol. The van der Waals surface area contributed by atoms with Crippen LogP contribution in [0.3, 0.4) is 0 Å². The Morgan fingerprint density at radius 1 is 0.638 bits per heavy atom. The average Bonchev–Trinajstić information content (AvgIpc) is 3.65. The first kappa shape index (κ1) is 32.0. The Bertz CT molecular complexity index is 3070. The normalized spacial score (nSPS) is 15.3. The van der Waals surface area contributed by atoms with E-state index in [0.29, 0.717) is 28.1 Å². The first-order valence-electron chi connectivity index (χ1n) is 23.9. The number of furan rings is 1. The molecule has 1 radical (unpaired) electrons. The third kappa shape index (κ3) is 10.2. The van der Waals surface area contributed by atoms with Gasteiger partial charge < -0.3 is 14.4 Å². The predicted octanol–water partition coefficient (Wildman–Crippen LogP) is 14.9. The van der Waals surface area contributed by atoms with Crippen LogP contribution in [0.4, 0.5) is 0 Å². The molecule has 0 spiro atoms. The van der Waals surface area contributed by atoms with Crippen LogP contribution in [-0.2, 0) is 39.2 Å². The summed E-state index contributed by atoms with van der Waals surface area (Å²) in [6, 6.07) is 40.2. The van der Waals surface area contributed by atoms with Crippen molar-refractivity contribution < 1.29 is 36.9 Å². The summed E-state index contributed by atoms with van der Waals surface area (Å²) < 4.78 is 83.3. The first-order valence-corrected chi connectivity index (χ1v) is 19.4. The summed E-state index contributed by atoms with van der Waals surface area (Å²) in [5, 5.41) is 4.27. The molecule has 0 aliphatic carbocycles. The van der Waals surface area contributed by atoms with E-state index in [2.05, 4.69) is 46.4 Å². The van der Waals surface area contributed by atoms with Gasteiger partial charge in [-0.05, 0) is 74.9 Å². The van der Waals surface area contributed by atoms with Gasteiger partial charge >= 0.3 is 0 Å². The van der Waals surface area contributed by atoms with Crippen LogP contribution in [0.15, 0.2) is 126 Å². The van der Waals surface area contributed by atoms with Crippen molar-refractivity contribution in [2.75, 3.05) is 0 Å². The zero-order valence-corrected chi connectivity index (χ0v) is 37.1. The van der Waals surface area contributed by atoms with Gasteiger partial charge in [-0.25, -0.2) is 0 Å². The van der Waals surface area contributed by atoms with E-state index in [9.17, 15) is 0 Å². The summed E-state index contributed by atoms with van der Waals surface area (Å²) >= 11 is 0. The van der Waals surface area contributed by atoms with Gasteiger partial charge in [-0.2, -0.15) is 0 Å². The molecule has 58 heavy (non-hydrogen) atoms. The number of hydrogen-bond acceptors (Lipinski definition) is 3. The summed E-state index contributed by atoms with van der Waals surface area (Å²) in [5.41, 5.74) is 4.22. The SMILES string of the molecule is [2H]C([2H])([2H])c1c[c-]c(-c2cc(C([2H])([2H])C(C)(C)C)c(C([2H])([2H])C(C)(C)C)cn2)cc1-c1ccccc1.[2H]C([2H])(c1ccnc(-c2[c-]ccc3c2oc2c4ccccc4ccc32)c1)C(C)(C)C.[Ir]. The van der Waals surface area contributed by atoms with Gasteiger partial charge in [0.15, 0.2) is 0 Å². The maximum atomic E-state index is 8.98. The number of nitrogens with zero attached hydrogens (tertiary/aromatic N) is 2. The van der Waals surface area contributed by atoms with Gasteiger partial charge in [0.25, 0.3) is 0 Å². The molecular weight excluding hydrogens is 885 g/mol. The van der Waals surface area contributed by atoms with Gasteiger partial charge in [-0.3, -0.25) is 0 Å². The van der Waals surface area contributed by atoms with Crippen molar-refractivity contribution >= 4 is 32.7 Å². The van der Waals surface area contributed by atoms with Gasteiger partial charge in [-0.1, -0.05) is 170 Å². The molecule has 3 heterocycles. The number of aryl methyl sites for hydroxylation is 1. The maximum Gasteiger partial charge on any atom is 0.128 e. The molecule has 0 saturated carbocycles. The van der Waals surface area contributed by atoms with E-state index in [4.69, 9.17) is 16.8 Å². The topological polar surface area (TPSA) is 38.9 Å². The van der Waals surface area contributed by atoms with Crippen molar-refractivity contribution in [2.24, 2.45) is 16.2 Å². The van der Waals surface area contributed by atoms with Crippen LogP contribution in [0.5, 0.6) is 0 Å². The Balaban J connectivity index is 0.000000221. The molecule has 0 aliphatic heterocycles. The van der Waals surface area contributed by atoms with Crippen molar-refractivity contribution in [3.63, 3.8) is 0 Å². The fourth-order valence-electron chi connectivity index (χ4n) is 6.85. The van der Waals surface area contributed by atoms with Gasteiger partial charge in [0, 0.05) is 55.6 Å². The average molecular weight is 950 g/mol. The maximum absolute atomic E-state index is 8.98. The number of pyridine rings is 2. The molecule has 0 fully saturated rings. The second kappa shape index (κ2) is 17.1. The Kier molecular flexibility index (Phi) is 9.46. The molecule has 0 saturated heterocycles. The molecule has 0 aliphatic rings. The van der Waals surface area contributed by atoms with E-state index < -0.39 is 42.2 Å². The summed E-state index contributed by atoms with van der Waals surface area (Å²) in [7, 11) is 0. The fourth-order valence-corrected chi connectivity index (χ4v) is 6.85. The molecule has 0 bridgehead atoms. The van der Waals surface area contributed by atoms with E-state index in [1.807, 2.05) is 81.4 Å². The number of hydrogen-bond donors (Lipinski definition) is 0. The van der Waals surface area contributed by atoms with E-state index in [-0.39, 0.29) is 36.8 Å². The molecule has 5 aromatic carbocycles. The van der Waals surface area contributed by atoms with Crippen LogP contribution in [0.2, 0.25) is 0 Å². The summed E-state index contributed by atoms with van der Waals surface area (Å²) in [6.45, 7) is 14.1. The largest absolute Gasteiger partial charge is 0.500 e. The van der Waals surface area contributed by atoms with Crippen molar-refractivity contribution in [2.45, 2.75) is 88.3 Å². The van der Waals surface area contributed by atoms with Crippen molar-refractivity contribution in [3.8, 4) is 33.6 Å². The summed E-state index contributed by atoms with van der Waals surface area (Å²) in [4.78, 5) is 9.06. The molecule has 8 aromatic rings. The fraction of sp³-hybridized carbons (Fsp3) is 0.296. The molecule has 0 amide bonds. The molecule has 3 aromatic heterocycles. The van der Waals surface area contributed by atoms with Crippen LogP contribution >= 0.6 is 0 Å². The molecule has 0 N–H and O–H groups in total. The van der Waals surface area contributed by atoms with Crippen LogP contribution in [0.1, 0.15) is 96.9 Å². The van der Waals surface area contributed by atoms with Crippen LogP contribution in [-0.4, -0.2) is 9.97 Å². The van der Waals surface area contributed by atoms with Crippen molar-refractivity contribution in [1.29, 1.82) is 0 Å². The standard InChI is InChI=1S/C28H34N.C26H22NO.Ir/c1-20-13-14-22(15-25(20)21-11-9-8-10-12-21)26-16-23(17-27(2,3)4)24(19-29-26)18-28(5,6)7;1-26(2,3)16-17-13-14-27-23(15-17)22-10-6-9-20-21-12-11-18-7-4-5-8-19(18)24(21)28-25(20)22;/h8-13,15-16,19H,17-18H2,1-7H3;4-9,11-15H,16H2,1-3H3;/q2*-1;/i1D3,17D2,18D2;16D2;. The minimum absolute atomic E-state index is 0. The molecule has 3 nitrogen and oxygen atoms in total. The Morgan fingerprint density at radius 2 is 1.33 bits per heavy atom. The quantitative estimate of drug-likeness (QED) is 0.156. The predicted molar refractivity (Wildman–Crippen MR) is 241 cm³/mol. The molecular formula is C54H56IrN2O-2. The smallest absolute Gasteiger partial charge is 0.128 e. The van der Waals surface area contributed by atoms with E-state index in [1.165, 1.54) is 12.3 Å². The molecule has 4 heteroatoms. The van der Waals surface area contributed by atoms with Gasteiger partial charge in [-0.15, -0.1) is 47.5 Å². The molecule has 0 unspecified atom stereocenters. The van der Waals surface area contributed by atoms with Crippen LogP contribution < -0.4 is 0 Å². The Morgan fingerprint density at radius 3 is 2.05 bits per heavy atom. The molecule has 0 atom stereocenters. The van der Waals surface area contributed by atoms with E-state index >= 15 is 0 Å². The molecule has 299 valence electrons. The van der Waals surface area contributed by atoms with Gasteiger partial charge in [0.05, 0.1) is 5.58 Å². The summed E-state index contributed by atoms with van der Waals surface area (Å²) in [6.07, 6.45) is -2.13. The number of aromatic nitrogens is 2. The Hall–Kier alpha value is -4.89. The number of fused-ring (bicyclic) bond motifs is 5. The molecule has 8 rings (SSSR count). The number of rotatable bonds is 6. The minimum atomic E-state index is -2.34. The minimum Gasteiger partial charge on any atom is -0.500 e. The van der Waals surface area contributed by atoms with Crippen molar-refractivity contribution in [1.82, 2.24) is 9.97 Å². The van der Waals surface area contributed by atoms with Crippen molar-refractivity contribution in [3.05, 3.63) is 156 Å². The zero-order chi connectivity index (χ0) is 48.4. The van der Waals surface area contributed by atoms with E-state index in [0.717, 1.165) is 43.8 Å². The third-order valence-corrected chi connectivity index (χ3v) is 9.09. The van der Waals surface area contributed by atoms with Crippen LogP contribution in [0.25, 0.3) is 66.4 Å². The summed E-state index contributed by atoms with van der Waals surface area (Å²) in [5.74, 6) is 0. The van der Waals surface area contributed by atoms with Gasteiger partial charge in [0.1, 0.15) is 5.58 Å². The van der Waals surface area contributed by atoms with Gasteiger partial charge in [0.2, 0.25) is 0 Å². The second-order valence-electron chi connectivity index (χ2n) is 17.6. The van der Waals surface area contributed by atoms with E-state index in [1.54, 1.807) is 65.9 Å². The second-order valence-corrected chi connectivity index (χ2v) is 17.6. The van der Waals surface area contributed by atoms with Crippen LogP contribution in [0, 0.1) is 35.2 Å². The number of benzene rings is 5. The Labute approximate surface area is 372 Å². The zero-order valence-electron chi connectivity index (χ0n) is 43.7. The first-order chi connectivity index (χ1) is 30.6. The third-order valence-electron chi connectivity index (χ3n) is 9.09.